The zero-order valence-corrected chi connectivity index (χ0v) is 17.5. The van der Waals surface area contributed by atoms with E-state index in [9.17, 15) is 5.26 Å². The van der Waals surface area contributed by atoms with Gasteiger partial charge in [-0.15, -0.1) is 0 Å². The van der Waals surface area contributed by atoms with Crippen molar-refractivity contribution < 1.29 is 0 Å². The first-order valence-corrected chi connectivity index (χ1v) is 10.3. The molecule has 0 saturated carbocycles. The molecule has 0 radical (unpaired) electrons. The molecule has 0 bridgehead atoms. The van der Waals surface area contributed by atoms with Gasteiger partial charge in [-0.2, -0.15) is 10.2 Å². The minimum Gasteiger partial charge on any atom is -0.353 e. The standard InChI is InChI=1S/C19H23BrN8/c1-25-4-6-28(7-5-25)19-22-3-2-17(24-19)26-8-10-27(11-9-26)18-15(13-21)12-16(20)14-23-18/h2-3,12,14H,4-11H2,1H3. The number of aromatic nitrogens is 3. The molecule has 2 aromatic heterocycles. The monoisotopic (exact) mass is 442 g/mol. The molecule has 0 atom stereocenters. The third-order valence-electron chi connectivity index (χ3n) is 5.27. The van der Waals surface area contributed by atoms with Crippen molar-refractivity contribution in [1.82, 2.24) is 19.9 Å². The molecule has 28 heavy (non-hydrogen) atoms. The Morgan fingerprint density at radius 3 is 2.36 bits per heavy atom. The average molecular weight is 443 g/mol. The second-order valence-corrected chi connectivity index (χ2v) is 8.03. The first-order valence-electron chi connectivity index (χ1n) is 9.46. The van der Waals surface area contributed by atoms with Crippen molar-refractivity contribution >= 4 is 33.5 Å². The molecule has 9 heteroatoms. The Morgan fingerprint density at radius 1 is 0.964 bits per heavy atom. The third-order valence-corrected chi connectivity index (χ3v) is 5.70. The zero-order valence-electron chi connectivity index (χ0n) is 15.9. The first kappa shape index (κ1) is 18.9. The van der Waals surface area contributed by atoms with E-state index < -0.39 is 0 Å². The molecule has 4 rings (SSSR count). The molecule has 2 fully saturated rings. The van der Waals surface area contributed by atoms with Crippen LogP contribution in [0.25, 0.3) is 0 Å². The molecule has 146 valence electrons. The minimum atomic E-state index is 0.599. The molecule has 8 nitrogen and oxygen atoms in total. The predicted molar refractivity (Wildman–Crippen MR) is 113 cm³/mol. The Hall–Kier alpha value is -2.44. The molecule has 2 aromatic rings. The summed E-state index contributed by atoms with van der Waals surface area (Å²) in [6, 6.07) is 6.05. The van der Waals surface area contributed by atoms with E-state index in [4.69, 9.17) is 4.98 Å². The van der Waals surface area contributed by atoms with Crippen LogP contribution in [0.15, 0.2) is 29.0 Å². The predicted octanol–water partition coefficient (Wildman–Crippen LogP) is 1.58. The number of hydrogen-bond donors (Lipinski definition) is 0. The van der Waals surface area contributed by atoms with Gasteiger partial charge in [-0.05, 0) is 35.1 Å². The summed E-state index contributed by atoms with van der Waals surface area (Å²) in [5.41, 5.74) is 0.599. The lowest BCUT2D eigenvalue weighted by Crippen LogP contribution is -2.48. The molecular formula is C19H23BrN8. The maximum atomic E-state index is 9.40. The second kappa shape index (κ2) is 8.29. The summed E-state index contributed by atoms with van der Waals surface area (Å²) >= 11 is 3.38. The van der Waals surface area contributed by atoms with Crippen LogP contribution in [-0.2, 0) is 0 Å². The number of piperazine rings is 2. The lowest BCUT2D eigenvalue weighted by atomic mass is 10.2. The molecule has 0 spiro atoms. The number of nitriles is 1. The van der Waals surface area contributed by atoms with Crippen LogP contribution in [0.2, 0.25) is 0 Å². The highest BCUT2D eigenvalue weighted by Crippen LogP contribution is 2.24. The van der Waals surface area contributed by atoms with Gasteiger partial charge in [-0.1, -0.05) is 0 Å². The van der Waals surface area contributed by atoms with E-state index in [2.05, 4.69) is 58.6 Å². The molecule has 0 aliphatic carbocycles. The number of hydrogen-bond acceptors (Lipinski definition) is 8. The van der Waals surface area contributed by atoms with Crippen molar-refractivity contribution in [1.29, 1.82) is 5.26 Å². The van der Waals surface area contributed by atoms with Crippen molar-refractivity contribution in [2.75, 3.05) is 74.1 Å². The van der Waals surface area contributed by atoms with Crippen LogP contribution in [0, 0.1) is 11.3 Å². The molecule has 2 aliphatic heterocycles. The summed E-state index contributed by atoms with van der Waals surface area (Å²) in [7, 11) is 2.14. The van der Waals surface area contributed by atoms with Crippen molar-refractivity contribution in [3.8, 4) is 6.07 Å². The van der Waals surface area contributed by atoms with E-state index in [1.54, 1.807) is 6.20 Å². The summed E-state index contributed by atoms with van der Waals surface area (Å²) in [6.45, 7) is 7.26. The summed E-state index contributed by atoms with van der Waals surface area (Å²) < 4.78 is 0.823. The highest BCUT2D eigenvalue weighted by molar-refractivity contribution is 9.10. The molecule has 0 unspecified atom stereocenters. The van der Waals surface area contributed by atoms with Crippen LogP contribution >= 0.6 is 15.9 Å². The highest BCUT2D eigenvalue weighted by atomic mass is 79.9. The number of rotatable bonds is 3. The van der Waals surface area contributed by atoms with Gasteiger partial charge in [-0.3, -0.25) is 0 Å². The molecule has 0 N–H and O–H groups in total. The summed E-state index contributed by atoms with van der Waals surface area (Å²) in [5.74, 6) is 2.54. The van der Waals surface area contributed by atoms with Crippen molar-refractivity contribution in [2.24, 2.45) is 0 Å². The van der Waals surface area contributed by atoms with Crippen LogP contribution in [0.3, 0.4) is 0 Å². The van der Waals surface area contributed by atoms with Crippen LogP contribution in [0.1, 0.15) is 5.56 Å². The fraction of sp³-hybridized carbons (Fsp3) is 0.474. The lowest BCUT2D eigenvalue weighted by Gasteiger charge is -2.37. The fourth-order valence-corrected chi connectivity index (χ4v) is 3.92. The van der Waals surface area contributed by atoms with Crippen LogP contribution in [0.4, 0.5) is 17.6 Å². The van der Waals surface area contributed by atoms with Gasteiger partial charge in [-0.25, -0.2) is 9.97 Å². The largest absolute Gasteiger partial charge is 0.353 e. The van der Waals surface area contributed by atoms with Gasteiger partial charge in [0.25, 0.3) is 0 Å². The molecule has 2 saturated heterocycles. The summed E-state index contributed by atoms with van der Waals surface area (Å²) in [5, 5.41) is 9.40. The Morgan fingerprint density at radius 2 is 1.64 bits per heavy atom. The van der Waals surface area contributed by atoms with Gasteiger partial charge in [0.05, 0.1) is 5.56 Å². The fourth-order valence-electron chi connectivity index (χ4n) is 3.59. The van der Waals surface area contributed by atoms with Crippen molar-refractivity contribution in [3.05, 3.63) is 34.6 Å². The average Bonchev–Trinajstić information content (AvgIpc) is 2.74. The van der Waals surface area contributed by atoms with Gasteiger partial charge in [0, 0.05) is 69.2 Å². The Balaban J connectivity index is 1.43. The number of halogens is 1. The Bertz CT molecular complexity index is 866. The Kier molecular flexibility index (Phi) is 5.59. The topological polar surface area (TPSA) is 75.4 Å². The molecule has 2 aliphatic rings. The quantitative estimate of drug-likeness (QED) is 0.708. The first-order chi connectivity index (χ1) is 13.6. The number of anilines is 3. The smallest absolute Gasteiger partial charge is 0.227 e. The maximum absolute atomic E-state index is 9.40. The SMILES string of the molecule is CN1CCN(c2nccc(N3CCN(c4ncc(Br)cc4C#N)CC3)n2)CC1. The second-order valence-electron chi connectivity index (χ2n) is 7.12. The number of nitrogens with zero attached hydrogens (tertiary/aromatic N) is 8. The van der Waals surface area contributed by atoms with E-state index in [1.165, 1.54) is 0 Å². The highest BCUT2D eigenvalue weighted by Gasteiger charge is 2.23. The Labute approximate surface area is 173 Å². The van der Waals surface area contributed by atoms with Gasteiger partial charge in [0.15, 0.2) is 0 Å². The molecular weight excluding hydrogens is 420 g/mol. The molecule has 4 heterocycles. The van der Waals surface area contributed by atoms with E-state index in [1.807, 2.05) is 18.3 Å². The van der Waals surface area contributed by atoms with Crippen molar-refractivity contribution in [2.45, 2.75) is 0 Å². The van der Waals surface area contributed by atoms with Gasteiger partial charge in [0.1, 0.15) is 17.7 Å². The number of likely N-dealkylation sites (N-methyl/N-ethyl adjacent to an activating group) is 1. The van der Waals surface area contributed by atoms with E-state index >= 15 is 0 Å². The normalized spacial score (nSPS) is 18.2. The molecule has 0 aromatic carbocycles. The lowest BCUT2D eigenvalue weighted by molar-refractivity contribution is 0.311. The number of pyridine rings is 1. The van der Waals surface area contributed by atoms with Gasteiger partial charge >= 0.3 is 0 Å². The van der Waals surface area contributed by atoms with Crippen molar-refractivity contribution in [3.63, 3.8) is 0 Å². The molecule has 0 amide bonds. The van der Waals surface area contributed by atoms with Gasteiger partial charge < -0.3 is 19.6 Å². The maximum Gasteiger partial charge on any atom is 0.227 e. The van der Waals surface area contributed by atoms with Crippen LogP contribution in [0.5, 0.6) is 0 Å². The van der Waals surface area contributed by atoms with E-state index in [0.29, 0.717) is 5.56 Å². The van der Waals surface area contributed by atoms with E-state index in [0.717, 1.165) is 74.4 Å². The minimum absolute atomic E-state index is 0.599. The van der Waals surface area contributed by atoms with Gasteiger partial charge in [0.2, 0.25) is 5.95 Å². The van der Waals surface area contributed by atoms with Crippen LogP contribution in [-0.4, -0.2) is 79.3 Å². The summed E-state index contributed by atoms with van der Waals surface area (Å²) in [6.07, 6.45) is 3.60. The zero-order chi connectivity index (χ0) is 19.5. The van der Waals surface area contributed by atoms with Crippen LogP contribution < -0.4 is 14.7 Å². The third kappa shape index (κ3) is 4.03. The summed E-state index contributed by atoms with van der Waals surface area (Å²) in [4.78, 5) is 22.8. The van der Waals surface area contributed by atoms with E-state index in [-0.39, 0.29) is 0 Å².